The predicted octanol–water partition coefficient (Wildman–Crippen LogP) is 1.25. The second kappa shape index (κ2) is 14.3. The van der Waals surface area contributed by atoms with Gasteiger partial charge < -0.3 is 20.3 Å². The lowest BCUT2D eigenvalue weighted by Crippen LogP contribution is -2.39. The number of nitro groups is 1. The van der Waals surface area contributed by atoms with Crippen LogP contribution in [0.2, 0.25) is 0 Å². The first-order valence-corrected chi connectivity index (χ1v) is 7.79. The smallest absolute Gasteiger partial charge is 0.407 e. The Hall–Kier alpha value is -0.640. The lowest BCUT2D eigenvalue weighted by Gasteiger charge is -2.11. The first-order valence-electron chi connectivity index (χ1n) is 5.92. The van der Waals surface area contributed by atoms with E-state index in [1.165, 1.54) is 0 Å². The minimum Gasteiger partial charge on any atom is -0.450 e. The summed E-state index contributed by atoms with van der Waals surface area (Å²) in [7, 11) is 0. The topological polar surface area (TPSA) is 122 Å². The van der Waals surface area contributed by atoms with Gasteiger partial charge in [0.15, 0.2) is 0 Å². The molecule has 0 saturated carbocycles. The van der Waals surface area contributed by atoms with Gasteiger partial charge in [-0.3, -0.25) is 10.1 Å². The molecule has 0 heterocycles. The van der Waals surface area contributed by atoms with Crippen LogP contribution < -0.4 is 5.32 Å². The number of alkyl carbamates (subject to hydrolysis) is 1. The van der Waals surface area contributed by atoms with Gasteiger partial charge in [-0.15, -0.1) is 0 Å². The molecule has 0 fully saturated rings. The number of nitrogens with one attached hydrogen (secondary N) is 1. The summed E-state index contributed by atoms with van der Waals surface area (Å²) in [6.07, 6.45) is 1.55. The van der Waals surface area contributed by atoms with Gasteiger partial charge in [-0.2, -0.15) is 0 Å². The van der Waals surface area contributed by atoms with E-state index in [9.17, 15) is 14.9 Å². The molecule has 0 spiro atoms. The summed E-state index contributed by atoms with van der Waals surface area (Å²) in [5, 5.41) is 29.0. The molecule has 10 heteroatoms. The van der Waals surface area contributed by atoms with Crippen LogP contribution in [0.3, 0.4) is 0 Å². The molecule has 3 N–H and O–H groups in total. The maximum Gasteiger partial charge on any atom is 0.407 e. The van der Waals surface area contributed by atoms with Crippen molar-refractivity contribution in [1.29, 1.82) is 0 Å². The van der Waals surface area contributed by atoms with Crippen molar-refractivity contribution in [1.82, 2.24) is 5.32 Å². The van der Waals surface area contributed by atoms with Crippen LogP contribution >= 0.6 is 38.5 Å². The summed E-state index contributed by atoms with van der Waals surface area (Å²) >= 11 is 4.46. The summed E-state index contributed by atoms with van der Waals surface area (Å²) in [6.45, 7) is 1.43. The summed E-state index contributed by atoms with van der Waals surface area (Å²) in [5.74, 6) is 2.69. The number of aliphatic hydroxyl groups excluding tert-OH is 2. The number of carbonyl (C=O) groups is 1. The van der Waals surface area contributed by atoms with E-state index in [1.807, 2.05) is 29.5 Å². The fourth-order valence-corrected chi connectivity index (χ4v) is 0.866. The molecule has 0 aromatic carbocycles. The van der Waals surface area contributed by atoms with Crippen LogP contribution in [0.15, 0.2) is 0 Å². The highest BCUT2D eigenvalue weighted by atomic mass is 127. The number of ether oxygens (including phenoxy) is 1. The SMILES string of the molecule is CCCCOC(=O)NCC#CI.O=[N+]([O-])C(Br)(CO)CO. The van der Waals surface area contributed by atoms with E-state index in [4.69, 9.17) is 14.9 Å². The number of rotatable bonds is 7. The molecule has 0 rings (SSSR count). The second-order valence-corrected chi connectivity index (χ2v) is 5.62. The average molecular weight is 481 g/mol. The van der Waals surface area contributed by atoms with Crippen LogP contribution in [-0.2, 0) is 4.74 Å². The molecule has 0 aliphatic carbocycles. The molecule has 0 saturated heterocycles. The summed E-state index contributed by atoms with van der Waals surface area (Å²) in [4.78, 5) is 19.9. The number of alkyl halides is 1. The number of aliphatic hydroxyl groups is 2. The Kier molecular flexibility index (Phi) is 15.4. The zero-order chi connectivity index (χ0) is 16.7. The Morgan fingerprint density at radius 1 is 1.52 bits per heavy atom. The van der Waals surface area contributed by atoms with E-state index in [1.54, 1.807) is 0 Å². The highest BCUT2D eigenvalue weighted by molar-refractivity contribution is 14.1. The van der Waals surface area contributed by atoms with E-state index in [0.717, 1.165) is 12.8 Å². The lowest BCUT2D eigenvalue weighted by atomic mass is 10.4. The minimum absolute atomic E-state index is 0.355. The standard InChI is InChI=1S/C8H12INO2.C3H6BrNO4/c1-2-3-7-12-8(11)10-6-4-5-9;4-3(1-6,2-7)5(8)9/h2-3,6-7H2,1H3,(H,10,11);6-7H,1-2H2. The minimum atomic E-state index is -1.77. The van der Waals surface area contributed by atoms with Crippen LogP contribution in [-0.4, -0.2) is 52.0 Å². The molecular weight excluding hydrogens is 463 g/mol. The van der Waals surface area contributed by atoms with Crippen LogP contribution in [0.25, 0.3) is 0 Å². The number of hydrogen-bond acceptors (Lipinski definition) is 6. The zero-order valence-corrected chi connectivity index (χ0v) is 15.2. The Morgan fingerprint density at radius 3 is 2.43 bits per heavy atom. The van der Waals surface area contributed by atoms with Gasteiger partial charge in [0.25, 0.3) is 0 Å². The number of amides is 1. The van der Waals surface area contributed by atoms with Gasteiger partial charge in [-0.25, -0.2) is 4.79 Å². The van der Waals surface area contributed by atoms with Crippen molar-refractivity contribution < 1.29 is 24.7 Å². The molecule has 0 aromatic heterocycles. The molecule has 0 aromatic rings. The fourth-order valence-electron chi connectivity index (χ4n) is 0.675. The fraction of sp³-hybridized carbons (Fsp3) is 0.727. The number of hydrogen-bond donors (Lipinski definition) is 3. The highest BCUT2D eigenvalue weighted by Gasteiger charge is 2.38. The quantitative estimate of drug-likeness (QED) is 0.0958. The first-order chi connectivity index (χ1) is 9.87. The van der Waals surface area contributed by atoms with Crippen molar-refractivity contribution in [2.24, 2.45) is 0 Å². The normalized spacial score (nSPS) is 9.57. The number of unbranched alkanes of at least 4 members (excludes halogenated alkanes) is 1. The van der Waals surface area contributed by atoms with Gasteiger partial charge in [0.2, 0.25) is 0 Å². The second-order valence-electron chi connectivity index (χ2n) is 3.61. The predicted molar refractivity (Wildman–Crippen MR) is 88.9 cm³/mol. The summed E-state index contributed by atoms with van der Waals surface area (Å²) in [6, 6.07) is 0. The monoisotopic (exact) mass is 480 g/mol. The molecular formula is C11H18BrIN2O6. The van der Waals surface area contributed by atoms with Crippen LogP contribution in [0.1, 0.15) is 19.8 Å². The lowest BCUT2D eigenvalue weighted by molar-refractivity contribution is -0.542. The average Bonchev–Trinajstić information content (AvgIpc) is 2.47. The molecule has 0 aliphatic rings. The summed E-state index contributed by atoms with van der Waals surface area (Å²) < 4.78 is 5.68. The molecule has 0 radical (unpaired) electrons. The van der Waals surface area contributed by atoms with Crippen molar-refractivity contribution in [3.05, 3.63) is 10.1 Å². The van der Waals surface area contributed by atoms with Crippen LogP contribution in [0.5, 0.6) is 0 Å². The molecule has 0 aliphatic heterocycles. The van der Waals surface area contributed by atoms with Crippen LogP contribution in [0, 0.1) is 20.0 Å². The van der Waals surface area contributed by atoms with E-state index in [0.29, 0.717) is 13.2 Å². The molecule has 1 amide bonds. The molecule has 0 bridgehead atoms. The van der Waals surface area contributed by atoms with Crippen molar-refractivity contribution >= 4 is 44.6 Å². The first kappa shape index (κ1) is 22.6. The Labute approximate surface area is 145 Å². The van der Waals surface area contributed by atoms with E-state index < -0.39 is 22.6 Å². The van der Waals surface area contributed by atoms with Crippen molar-refractivity contribution in [2.45, 2.75) is 24.2 Å². The number of nitrogens with zero attached hydrogens (tertiary/aromatic N) is 1. The van der Waals surface area contributed by atoms with Gasteiger partial charge in [0.05, 0.1) is 13.2 Å². The van der Waals surface area contributed by atoms with Crippen molar-refractivity contribution in [3.8, 4) is 9.85 Å². The Morgan fingerprint density at radius 2 is 2.10 bits per heavy atom. The zero-order valence-electron chi connectivity index (χ0n) is 11.5. The molecule has 122 valence electrons. The van der Waals surface area contributed by atoms with Gasteiger partial charge in [0.1, 0.15) is 13.2 Å². The molecule has 8 nitrogen and oxygen atoms in total. The highest BCUT2D eigenvalue weighted by Crippen LogP contribution is 2.15. The van der Waals surface area contributed by atoms with Gasteiger partial charge in [-0.1, -0.05) is 19.3 Å². The third-order valence-corrected chi connectivity index (χ3v) is 3.10. The number of carbonyl (C=O) groups excluding carboxylic acids is 1. The van der Waals surface area contributed by atoms with E-state index in [-0.39, 0.29) is 6.09 Å². The largest absolute Gasteiger partial charge is 0.450 e. The summed E-state index contributed by atoms with van der Waals surface area (Å²) in [5.41, 5.74) is 0. The number of halogens is 2. The van der Waals surface area contributed by atoms with Gasteiger partial charge in [0, 0.05) is 43.4 Å². The third kappa shape index (κ3) is 12.8. The van der Waals surface area contributed by atoms with Gasteiger partial charge in [-0.05, 0) is 10.3 Å². The van der Waals surface area contributed by atoms with Crippen molar-refractivity contribution in [3.63, 3.8) is 0 Å². The molecule has 0 unspecified atom stereocenters. The maximum atomic E-state index is 10.8. The van der Waals surface area contributed by atoms with E-state index in [2.05, 4.69) is 31.1 Å². The van der Waals surface area contributed by atoms with Crippen molar-refractivity contribution in [2.75, 3.05) is 26.4 Å². The maximum absolute atomic E-state index is 10.8. The van der Waals surface area contributed by atoms with E-state index >= 15 is 0 Å². The molecule has 0 atom stereocenters. The van der Waals surface area contributed by atoms with Crippen LogP contribution in [0.4, 0.5) is 4.79 Å². The van der Waals surface area contributed by atoms with Gasteiger partial charge >= 0.3 is 10.5 Å². The molecule has 21 heavy (non-hydrogen) atoms. The Bertz CT molecular complexity index is 367. The third-order valence-electron chi connectivity index (χ3n) is 1.93. The Balaban J connectivity index is 0.